The Bertz CT molecular complexity index is 235. The van der Waals surface area contributed by atoms with Crippen molar-refractivity contribution in [1.82, 2.24) is 5.32 Å². The third-order valence-corrected chi connectivity index (χ3v) is 3.40. The summed E-state index contributed by atoms with van der Waals surface area (Å²) in [5.74, 6) is 0.850. The molecule has 0 spiro atoms. The highest BCUT2D eigenvalue weighted by Gasteiger charge is 2.35. The van der Waals surface area contributed by atoms with Crippen LogP contribution in [0, 0.1) is 5.92 Å². The molecule has 0 bridgehead atoms. The van der Waals surface area contributed by atoms with Crippen molar-refractivity contribution in [2.75, 3.05) is 6.54 Å². The van der Waals surface area contributed by atoms with Crippen LogP contribution in [0.2, 0.25) is 0 Å². The molecule has 1 unspecified atom stereocenters. The molecule has 1 atom stereocenters. The minimum Gasteiger partial charge on any atom is -0.306 e. The molecule has 12 heavy (non-hydrogen) atoms. The number of hydrogen-bond donors (Lipinski definition) is 1. The van der Waals surface area contributed by atoms with E-state index in [4.69, 9.17) is 0 Å². The van der Waals surface area contributed by atoms with E-state index in [-0.39, 0.29) is 5.91 Å². The Morgan fingerprint density at radius 1 is 1.67 bits per heavy atom. The van der Waals surface area contributed by atoms with Gasteiger partial charge in [0.1, 0.15) is 0 Å². The molecule has 1 saturated carbocycles. The Labute approximate surface area is 76.0 Å². The number of amidine groups is 1. The summed E-state index contributed by atoms with van der Waals surface area (Å²) in [4.78, 5) is 15.0. The van der Waals surface area contributed by atoms with Crippen LogP contribution < -0.4 is 5.32 Å². The van der Waals surface area contributed by atoms with Crippen molar-refractivity contribution >= 4 is 22.8 Å². The van der Waals surface area contributed by atoms with Crippen molar-refractivity contribution in [2.24, 2.45) is 10.9 Å². The maximum absolute atomic E-state index is 10.7. The Hall–Kier alpha value is -0.510. The number of nitrogens with zero attached hydrogens (tertiary/aromatic N) is 1. The molecule has 1 N–H and O–H groups in total. The standard InChI is InChI=1S/C8H12N2OS/c1-5(11)10-8-9-4-7(12-8)6-2-3-6/h6-7H,2-4H2,1H3,(H,9,10,11). The molecule has 1 amide bonds. The molecule has 0 aromatic carbocycles. The fraction of sp³-hybridized carbons (Fsp3) is 0.750. The molecular formula is C8H12N2OS. The average molecular weight is 184 g/mol. The summed E-state index contributed by atoms with van der Waals surface area (Å²) in [6.45, 7) is 2.42. The van der Waals surface area contributed by atoms with Gasteiger partial charge in [0, 0.05) is 12.2 Å². The van der Waals surface area contributed by atoms with E-state index in [1.54, 1.807) is 11.8 Å². The van der Waals surface area contributed by atoms with Gasteiger partial charge in [-0.25, -0.2) is 0 Å². The number of hydrogen-bond acceptors (Lipinski definition) is 3. The molecule has 1 heterocycles. The Morgan fingerprint density at radius 2 is 2.42 bits per heavy atom. The lowest BCUT2D eigenvalue weighted by Gasteiger charge is -2.04. The van der Waals surface area contributed by atoms with E-state index in [2.05, 4.69) is 10.3 Å². The minimum atomic E-state index is -0.0160. The first-order chi connectivity index (χ1) is 5.75. The molecule has 2 rings (SSSR count). The van der Waals surface area contributed by atoms with Gasteiger partial charge in [0.05, 0.1) is 6.54 Å². The lowest BCUT2D eigenvalue weighted by molar-refractivity contribution is -0.117. The van der Waals surface area contributed by atoms with Gasteiger partial charge in [0.15, 0.2) is 5.17 Å². The third-order valence-electron chi connectivity index (χ3n) is 2.11. The van der Waals surface area contributed by atoms with Crippen molar-refractivity contribution in [2.45, 2.75) is 25.0 Å². The molecule has 0 radical (unpaired) electrons. The highest BCUT2D eigenvalue weighted by atomic mass is 32.2. The molecule has 0 saturated heterocycles. The maximum Gasteiger partial charge on any atom is 0.222 e. The lowest BCUT2D eigenvalue weighted by Crippen LogP contribution is -2.24. The number of carbonyl (C=O) groups excluding carboxylic acids is 1. The molecule has 4 heteroatoms. The van der Waals surface area contributed by atoms with Crippen LogP contribution in [0.3, 0.4) is 0 Å². The van der Waals surface area contributed by atoms with Crippen molar-refractivity contribution in [3.63, 3.8) is 0 Å². The number of carbonyl (C=O) groups is 1. The molecule has 0 aromatic rings. The molecular weight excluding hydrogens is 172 g/mol. The summed E-state index contributed by atoms with van der Waals surface area (Å²) in [5, 5.41) is 4.19. The largest absolute Gasteiger partial charge is 0.306 e. The van der Waals surface area contributed by atoms with E-state index in [1.807, 2.05) is 0 Å². The second-order valence-corrected chi connectivity index (χ2v) is 4.55. The Morgan fingerprint density at radius 3 is 3.00 bits per heavy atom. The van der Waals surface area contributed by atoms with Crippen LogP contribution in [-0.2, 0) is 4.79 Å². The van der Waals surface area contributed by atoms with Crippen LogP contribution in [0.5, 0.6) is 0 Å². The first-order valence-corrected chi connectivity index (χ1v) is 5.12. The summed E-state index contributed by atoms with van der Waals surface area (Å²) in [7, 11) is 0. The number of aliphatic imine (C=N–C) groups is 1. The van der Waals surface area contributed by atoms with Gasteiger partial charge in [-0.05, 0) is 18.8 Å². The number of thioether (sulfide) groups is 1. The van der Waals surface area contributed by atoms with Crippen molar-refractivity contribution in [1.29, 1.82) is 0 Å². The first kappa shape index (κ1) is 8.10. The summed E-state index contributed by atoms with van der Waals surface area (Å²) in [5.41, 5.74) is 0. The summed E-state index contributed by atoms with van der Waals surface area (Å²) >= 11 is 1.73. The summed E-state index contributed by atoms with van der Waals surface area (Å²) < 4.78 is 0. The molecule has 1 aliphatic carbocycles. The van der Waals surface area contributed by atoms with Crippen LogP contribution in [0.25, 0.3) is 0 Å². The Balaban J connectivity index is 1.82. The van der Waals surface area contributed by atoms with Gasteiger partial charge in [-0.3, -0.25) is 9.79 Å². The predicted octanol–water partition coefficient (Wildman–Crippen LogP) is 1.00. The van der Waals surface area contributed by atoms with E-state index in [1.165, 1.54) is 19.8 Å². The van der Waals surface area contributed by atoms with Gasteiger partial charge >= 0.3 is 0 Å². The maximum atomic E-state index is 10.7. The van der Waals surface area contributed by atoms with Crippen LogP contribution in [0.1, 0.15) is 19.8 Å². The average Bonchev–Trinajstić information content (AvgIpc) is 2.73. The van der Waals surface area contributed by atoms with E-state index in [0.717, 1.165) is 17.6 Å². The van der Waals surface area contributed by atoms with Gasteiger partial charge < -0.3 is 5.32 Å². The quantitative estimate of drug-likeness (QED) is 0.660. The monoisotopic (exact) mass is 184 g/mol. The van der Waals surface area contributed by atoms with Crippen LogP contribution in [0.4, 0.5) is 0 Å². The Kier molecular flexibility index (Phi) is 2.09. The van der Waals surface area contributed by atoms with Crippen molar-refractivity contribution < 1.29 is 4.79 Å². The number of rotatable bonds is 1. The fourth-order valence-corrected chi connectivity index (χ4v) is 2.58. The molecule has 0 aromatic heterocycles. The molecule has 3 nitrogen and oxygen atoms in total. The zero-order valence-electron chi connectivity index (χ0n) is 7.04. The molecule has 1 aliphatic heterocycles. The number of nitrogens with one attached hydrogen (secondary N) is 1. The van der Waals surface area contributed by atoms with Gasteiger partial charge in [-0.1, -0.05) is 11.8 Å². The van der Waals surface area contributed by atoms with Crippen molar-refractivity contribution in [3.8, 4) is 0 Å². The SMILES string of the molecule is CC(=O)NC1=NCC(C2CC2)S1. The van der Waals surface area contributed by atoms with E-state index in [0.29, 0.717) is 5.25 Å². The third kappa shape index (κ3) is 1.80. The smallest absolute Gasteiger partial charge is 0.222 e. The van der Waals surface area contributed by atoms with Gasteiger partial charge in [-0.15, -0.1) is 0 Å². The van der Waals surface area contributed by atoms with Gasteiger partial charge in [0.25, 0.3) is 0 Å². The molecule has 66 valence electrons. The van der Waals surface area contributed by atoms with Crippen LogP contribution in [0.15, 0.2) is 4.99 Å². The zero-order valence-corrected chi connectivity index (χ0v) is 7.86. The van der Waals surface area contributed by atoms with Gasteiger partial charge in [-0.2, -0.15) is 0 Å². The highest BCUT2D eigenvalue weighted by molar-refractivity contribution is 8.14. The van der Waals surface area contributed by atoms with Crippen molar-refractivity contribution in [3.05, 3.63) is 0 Å². The topological polar surface area (TPSA) is 41.5 Å². The first-order valence-electron chi connectivity index (χ1n) is 4.24. The molecule has 2 aliphatic rings. The fourth-order valence-electron chi connectivity index (χ4n) is 1.32. The van der Waals surface area contributed by atoms with E-state index in [9.17, 15) is 4.79 Å². The second-order valence-electron chi connectivity index (χ2n) is 3.32. The van der Waals surface area contributed by atoms with Crippen LogP contribution in [-0.4, -0.2) is 22.9 Å². The van der Waals surface area contributed by atoms with Crippen LogP contribution >= 0.6 is 11.8 Å². The lowest BCUT2D eigenvalue weighted by atomic mass is 10.3. The van der Waals surface area contributed by atoms with E-state index < -0.39 is 0 Å². The second kappa shape index (κ2) is 3.09. The summed E-state index contributed by atoms with van der Waals surface area (Å²) in [6, 6.07) is 0. The molecule has 1 fully saturated rings. The zero-order chi connectivity index (χ0) is 8.55. The summed E-state index contributed by atoms with van der Waals surface area (Å²) in [6.07, 6.45) is 2.70. The van der Waals surface area contributed by atoms with E-state index >= 15 is 0 Å². The highest BCUT2D eigenvalue weighted by Crippen LogP contribution is 2.41. The normalized spacial score (nSPS) is 28.4. The minimum absolute atomic E-state index is 0.0160. The predicted molar refractivity (Wildman–Crippen MR) is 50.2 cm³/mol. The van der Waals surface area contributed by atoms with Gasteiger partial charge in [0.2, 0.25) is 5.91 Å². The number of amides is 1.